The van der Waals surface area contributed by atoms with Crippen molar-refractivity contribution in [1.82, 2.24) is 0 Å². The lowest BCUT2D eigenvalue weighted by Crippen LogP contribution is -2.16. The summed E-state index contributed by atoms with van der Waals surface area (Å²) in [5.74, 6) is 2.30. The second kappa shape index (κ2) is 5.30. The van der Waals surface area contributed by atoms with Gasteiger partial charge in [0, 0.05) is 22.3 Å². The van der Waals surface area contributed by atoms with Crippen LogP contribution in [0.4, 0.5) is 0 Å². The molecule has 18 heavy (non-hydrogen) atoms. The van der Waals surface area contributed by atoms with Crippen LogP contribution >= 0.6 is 27.5 Å². The van der Waals surface area contributed by atoms with Crippen molar-refractivity contribution >= 4 is 27.5 Å². The largest absolute Gasteiger partial charge is 0.490 e. The van der Waals surface area contributed by atoms with E-state index in [1.165, 1.54) is 19.3 Å². The fourth-order valence-corrected chi connectivity index (χ4v) is 3.71. The standard InChI is InChI=1S/C14H16BrClO2/c15-14(9-3-1-4-9)10-7-12-13(8-11(10)16)18-6-2-5-17-12/h7-9,14H,1-6H2. The van der Waals surface area contributed by atoms with Crippen molar-refractivity contribution in [3.8, 4) is 11.5 Å². The number of alkyl halides is 1. The van der Waals surface area contributed by atoms with Crippen molar-refractivity contribution in [3.63, 3.8) is 0 Å². The lowest BCUT2D eigenvalue weighted by Gasteiger charge is -2.31. The van der Waals surface area contributed by atoms with Gasteiger partial charge in [0.05, 0.1) is 13.2 Å². The zero-order chi connectivity index (χ0) is 12.5. The third kappa shape index (κ3) is 2.35. The SMILES string of the molecule is Clc1cc2c(cc1C(Br)C1CCC1)OCCCO2. The molecule has 4 heteroatoms. The fraction of sp³-hybridized carbons (Fsp3) is 0.571. The zero-order valence-electron chi connectivity index (χ0n) is 10.1. The van der Waals surface area contributed by atoms with Crippen LogP contribution in [0.15, 0.2) is 12.1 Å². The first-order valence-electron chi connectivity index (χ1n) is 6.49. The number of fused-ring (bicyclic) bond motifs is 1. The quantitative estimate of drug-likeness (QED) is 0.729. The van der Waals surface area contributed by atoms with E-state index in [1.807, 2.05) is 12.1 Å². The maximum absolute atomic E-state index is 6.37. The molecule has 0 amide bonds. The zero-order valence-corrected chi connectivity index (χ0v) is 12.5. The molecule has 1 heterocycles. The first-order chi connectivity index (χ1) is 8.75. The van der Waals surface area contributed by atoms with E-state index in [0.717, 1.165) is 28.5 Å². The van der Waals surface area contributed by atoms with Gasteiger partial charge in [0.1, 0.15) is 0 Å². The molecule has 0 saturated heterocycles. The molecule has 1 aromatic carbocycles. The maximum Gasteiger partial charge on any atom is 0.162 e. The summed E-state index contributed by atoms with van der Waals surface area (Å²) >= 11 is 10.1. The normalized spacial score (nSPS) is 21.0. The molecule has 1 aromatic rings. The average Bonchev–Trinajstić information content (AvgIpc) is 2.50. The highest BCUT2D eigenvalue weighted by Gasteiger charge is 2.29. The van der Waals surface area contributed by atoms with Crippen LogP contribution in [-0.4, -0.2) is 13.2 Å². The second-order valence-electron chi connectivity index (χ2n) is 4.96. The molecule has 0 N–H and O–H groups in total. The number of rotatable bonds is 2. The summed E-state index contributed by atoms with van der Waals surface area (Å²) in [5.41, 5.74) is 1.13. The van der Waals surface area contributed by atoms with Crippen molar-refractivity contribution in [1.29, 1.82) is 0 Å². The molecule has 1 aliphatic carbocycles. The molecule has 1 fully saturated rings. The lowest BCUT2D eigenvalue weighted by molar-refractivity contribution is 0.296. The Bertz CT molecular complexity index is 446. The number of halogens is 2. The van der Waals surface area contributed by atoms with Crippen molar-refractivity contribution in [2.24, 2.45) is 5.92 Å². The minimum Gasteiger partial charge on any atom is -0.490 e. The molecule has 1 unspecified atom stereocenters. The van der Waals surface area contributed by atoms with Gasteiger partial charge in [-0.15, -0.1) is 0 Å². The van der Waals surface area contributed by atoms with E-state index in [1.54, 1.807) is 0 Å². The van der Waals surface area contributed by atoms with Gasteiger partial charge in [-0.25, -0.2) is 0 Å². The Balaban J connectivity index is 1.92. The molecule has 98 valence electrons. The third-order valence-corrected chi connectivity index (χ3v) is 5.30. The van der Waals surface area contributed by atoms with E-state index in [4.69, 9.17) is 21.1 Å². The van der Waals surface area contributed by atoms with Crippen molar-refractivity contribution in [2.75, 3.05) is 13.2 Å². The van der Waals surface area contributed by atoms with Crippen molar-refractivity contribution in [2.45, 2.75) is 30.5 Å². The summed E-state index contributed by atoms with van der Waals surface area (Å²) in [6, 6.07) is 3.94. The molecular formula is C14H16BrClO2. The second-order valence-corrected chi connectivity index (χ2v) is 6.36. The molecule has 0 spiro atoms. The van der Waals surface area contributed by atoms with Crippen LogP contribution in [0, 0.1) is 5.92 Å². The van der Waals surface area contributed by atoms with Gasteiger partial charge >= 0.3 is 0 Å². The predicted molar refractivity (Wildman–Crippen MR) is 76.1 cm³/mol. The molecule has 0 bridgehead atoms. The van der Waals surface area contributed by atoms with Gasteiger partial charge in [-0.05, 0) is 30.4 Å². The molecule has 0 aromatic heterocycles. The Kier molecular flexibility index (Phi) is 3.71. The molecule has 1 saturated carbocycles. The predicted octanol–water partition coefficient (Wildman–Crippen LogP) is 4.74. The molecule has 0 radical (unpaired) electrons. The van der Waals surface area contributed by atoms with Gasteiger partial charge in [-0.3, -0.25) is 0 Å². The number of benzene rings is 1. The van der Waals surface area contributed by atoms with Gasteiger partial charge in [0.15, 0.2) is 11.5 Å². The molecule has 1 aliphatic heterocycles. The fourth-order valence-electron chi connectivity index (χ4n) is 2.40. The maximum atomic E-state index is 6.37. The highest BCUT2D eigenvalue weighted by molar-refractivity contribution is 9.09. The Morgan fingerprint density at radius 1 is 1.11 bits per heavy atom. The van der Waals surface area contributed by atoms with Gasteiger partial charge in [-0.1, -0.05) is 34.0 Å². The number of hydrogen-bond acceptors (Lipinski definition) is 2. The van der Waals surface area contributed by atoms with Crippen LogP contribution in [0.25, 0.3) is 0 Å². The summed E-state index contributed by atoms with van der Waals surface area (Å²) < 4.78 is 11.4. The van der Waals surface area contributed by atoms with Crippen LogP contribution in [0.1, 0.15) is 36.1 Å². The van der Waals surface area contributed by atoms with Crippen molar-refractivity contribution < 1.29 is 9.47 Å². The lowest BCUT2D eigenvalue weighted by atomic mass is 9.81. The van der Waals surface area contributed by atoms with E-state index in [0.29, 0.717) is 24.0 Å². The summed E-state index contributed by atoms with van der Waals surface area (Å²) in [4.78, 5) is 0.330. The summed E-state index contributed by atoms with van der Waals surface area (Å²) in [7, 11) is 0. The van der Waals surface area contributed by atoms with Crippen LogP contribution < -0.4 is 9.47 Å². The Morgan fingerprint density at radius 2 is 1.78 bits per heavy atom. The summed E-state index contributed by atoms with van der Waals surface area (Å²) in [6.45, 7) is 1.41. The molecule has 2 nitrogen and oxygen atoms in total. The van der Waals surface area contributed by atoms with E-state index < -0.39 is 0 Å². The third-order valence-electron chi connectivity index (χ3n) is 3.73. The number of hydrogen-bond donors (Lipinski definition) is 0. The Hall–Kier alpha value is -0.410. The van der Waals surface area contributed by atoms with Gasteiger partial charge in [0.2, 0.25) is 0 Å². The highest BCUT2D eigenvalue weighted by atomic mass is 79.9. The van der Waals surface area contributed by atoms with Gasteiger partial charge in [-0.2, -0.15) is 0 Å². The minimum absolute atomic E-state index is 0.330. The molecule has 3 rings (SSSR count). The van der Waals surface area contributed by atoms with Gasteiger partial charge in [0.25, 0.3) is 0 Å². The first-order valence-corrected chi connectivity index (χ1v) is 7.78. The first kappa shape index (κ1) is 12.6. The Labute approximate surface area is 121 Å². The molecular weight excluding hydrogens is 316 g/mol. The Morgan fingerprint density at radius 3 is 2.39 bits per heavy atom. The number of ether oxygens (including phenoxy) is 2. The molecule has 1 atom stereocenters. The summed E-state index contributed by atoms with van der Waals surface area (Å²) in [5, 5.41) is 0.771. The van der Waals surface area contributed by atoms with Crippen LogP contribution in [-0.2, 0) is 0 Å². The smallest absolute Gasteiger partial charge is 0.162 e. The van der Waals surface area contributed by atoms with Crippen LogP contribution in [0.5, 0.6) is 11.5 Å². The van der Waals surface area contributed by atoms with Crippen LogP contribution in [0.2, 0.25) is 5.02 Å². The van der Waals surface area contributed by atoms with E-state index >= 15 is 0 Å². The summed E-state index contributed by atoms with van der Waals surface area (Å²) in [6.07, 6.45) is 4.80. The van der Waals surface area contributed by atoms with E-state index in [-0.39, 0.29) is 0 Å². The van der Waals surface area contributed by atoms with Gasteiger partial charge < -0.3 is 9.47 Å². The average molecular weight is 332 g/mol. The molecule has 2 aliphatic rings. The highest BCUT2D eigenvalue weighted by Crippen LogP contribution is 2.47. The van der Waals surface area contributed by atoms with Crippen LogP contribution in [0.3, 0.4) is 0 Å². The van der Waals surface area contributed by atoms with Crippen molar-refractivity contribution in [3.05, 3.63) is 22.7 Å². The van der Waals surface area contributed by atoms with E-state index in [2.05, 4.69) is 15.9 Å². The topological polar surface area (TPSA) is 18.5 Å². The monoisotopic (exact) mass is 330 g/mol. The van der Waals surface area contributed by atoms with E-state index in [9.17, 15) is 0 Å². The minimum atomic E-state index is 0.330.